The topological polar surface area (TPSA) is 78.0 Å². The van der Waals surface area contributed by atoms with E-state index >= 15 is 0 Å². The lowest BCUT2D eigenvalue weighted by molar-refractivity contribution is -0.116. The number of hydrogen-bond acceptors (Lipinski definition) is 3. The van der Waals surface area contributed by atoms with E-state index < -0.39 is 23.0 Å². The van der Waals surface area contributed by atoms with Gasteiger partial charge in [0.1, 0.15) is 17.9 Å². The minimum atomic E-state index is -0.637. The van der Waals surface area contributed by atoms with Crippen molar-refractivity contribution in [2.45, 2.75) is 13.5 Å². The summed E-state index contributed by atoms with van der Waals surface area (Å²) in [4.78, 5) is 39.1. The Morgan fingerprint density at radius 1 is 1.10 bits per heavy atom. The SMILES string of the molecule is Cc1cc2c(c(=O)n(-c3ccccc3)c(=O)n2CC(=O)Nc2ccc(F)c(Cl)c2)n1C. The van der Waals surface area contributed by atoms with Crippen LogP contribution in [0.2, 0.25) is 5.02 Å². The van der Waals surface area contributed by atoms with Crippen LogP contribution >= 0.6 is 11.6 Å². The van der Waals surface area contributed by atoms with E-state index in [1.807, 2.05) is 6.92 Å². The molecule has 0 aliphatic heterocycles. The normalized spacial score (nSPS) is 11.1. The van der Waals surface area contributed by atoms with Gasteiger partial charge in [-0.2, -0.15) is 0 Å². The molecule has 1 N–H and O–H groups in total. The third-order valence-corrected chi connectivity index (χ3v) is 5.38. The maximum atomic E-state index is 13.4. The molecule has 0 atom stereocenters. The van der Waals surface area contributed by atoms with Crippen molar-refractivity contribution < 1.29 is 9.18 Å². The predicted molar refractivity (Wildman–Crippen MR) is 118 cm³/mol. The summed E-state index contributed by atoms with van der Waals surface area (Å²) in [6.07, 6.45) is 0. The van der Waals surface area contributed by atoms with Crippen LogP contribution in [0.15, 0.2) is 64.2 Å². The van der Waals surface area contributed by atoms with Gasteiger partial charge in [0.25, 0.3) is 5.56 Å². The summed E-state index contributed by atoms with van der Waals surface area (Å²) in [7, 11) is 1.73. The lowest BCUT2D eigenvalue weighted by Gasteiger charge is -2.13. The van der Waals surface area contributed by atoms with E-state index in [2.05, 4.69) is 5.32 Å². The van der Waals surface area contributed by atoms with Crippen molar-refractivity contribution in [3.8, 4) is 5.69 Å². The molecule has 4 rings (SSSR count). The highest BCUT2D eigenvalue weighted by atomic mass is 35.5. The Morgan fingerprint density at radius 3 is 2.48 bits per heavy atom. The van der Waals surface area contributed by atoms with Crippen LogP contribution in [-0.2, 0) is 18.4 Å². The first-order chi connectivity index (χ1) is 14.8. The van der Waals surface area contributed by atoms with E-state index in [0.29, 0.717) is 22.4 Å². The molecule has 0 spiro atoms. The summed E-state index contributed by atoms with van der Waals surface area (Å²) >= 11 is 5.76. The molecule has 0 fully saturated rings. The van der Waals surface area contributed by atoms with Crippen molar-refractivity contribution in [3.63, 3.8) is 0 Å². The molecule has 0 bridgehead atoms. The molecular formula is C22H18ClFN4O3. The predicted octanol–water partition coefficient (Wildman–Crippen LogP) is 3.23. The van der Waals surface area contributed by atoms with Gasteiger partial charge >= 0.3 is 5.69 Å². The zero-order valence-electron chi connectivity index (χ0n) is 16.7. The number of fused-ring (bicyclic) bond motifs is 1. The van der Waals surface area contributed by atoms with Crippen LogP contribution in [0, 0.1) is 12.7 Å². The molecule has 7 nitrogen and oxygen atoms in total. The van der Waals surface area contributed by atoms with Gasteiger partial charge in [0, 0.05) is 18.4 Å². The minimum absolute atomic E-state index is 0.131. The maximum absolute atomic E-state index is 13.4. The quantitative estimate of drug-likeness (QED) is 0.529. The number of rotatable bonds is 4. The number of para-hydroxylation sites is 1. The van der Waals surface area contributed by atoms with Crippen molar-refractivity contribution >= 4 is 34.2 Å². The van der Waals surface area contributed by atoms with Gasteiger partial charge in [0.2, 0.25) is 5.91 Å². The third kappa shape index (κ3) is 3.66. The summed E-state index contributed by atoms with van der Waals surface area (Å²) in [5, 5.41) is 2.47. The lowest BCUT2D eigenvalue weighted by atomic mass is 10.3. The molecule has 0 radical (unpaired) electrons. The van der Waals surface area contributed by atoms with Gasteiger partial charge in [-0.1, -0.05) is 29.8 Å². The van der Waals surface area contributed by atoms with Crippen LogP contribution in [-0.4, -0.2) is 19.6 Å². The molecule has 2 aromatic heterocycles. The Morgan fingerprint density at radius 2 is 1.81 bits per heavy atom. The standard InChI is InChI=1S/C22H18ClFN4O3/c1-13-10-18-20(26(13)2)21(30)28(15-6-4-3-5-7-15)22(31)27(18)12-19(29)25-14-8-9-17(24)16(23)11-14/h3-11H,12H2,1-2H3,(H,25,29). The van der Waals surface area contributed by atoms with Crippen LogP contribution in [0.3, 0.4) is 0 Å². The van der Waals surface area contributed by atoms with Gasteiger partial charge in [0.05, 0.1) is 16.2 Å². The van der Waals surface area contributed by atoms with Crippen molar-refractivity contribution in [1.29, 1.82) is 0 Å². The summed E-state index contributed by atoms with van der Waals surface area (Å²) in [6.45, 7) is 1.46. The number of amides is 1. The fraction of sp³-hybridized carbons (Fsp3) is 0.136. The van der Waals surface area contributed by atoms with Gasteiger partial charge in [-0.15, -0.1) is 0 Å². The number of aromatic nitrogens is 3. The fourth-order valence-corrected chi connectivity index (χ4v) is 3.64. The summed E-state index contributed by atoms with van der Waals surface area (Å²) in [6, 6.07) is 14.0. The number of anilines is 1. The summed E-state index contributed by atoms with van der Waals surface area (Å²) in [5.41, 5.74) is 1.01. The van der Waals surface area contributed by atoms with Crippen molar-refractivity contribution in [2.75, 3.05) is 5.32 Å². The van der Waals surface area contributed by atoms with E-state index in [1.165, 1.54) is 16.7 Å². The van der Waals surface area contributed by atoms with Crippen molar-refractivity contribution in [1.82, 2.24) is 13.7 Å². The smallest absolute Gasteiger partial charge is 0.336 e. The number of halogens is 2. The van der Waals surface area contributed by atoms with Crippen LogP contribution in [0.4, 0.5) is 10.1 Å². The summed E-state index contributed by atoms with van der Waals surface area (Å²) < 4.78 is 17.3. The molecule has 9 heteroatoms. The average Bonchev–Trinajstić information content (AvgIpc) is 3.03. The zero-order valence-corrected chi connectivity index (χ0v) is 17.5. The molecule has 2 heterocycles. The Bertz CT molecular complexity index is 1440. The van der Waals surface area contributed by atoms with Crippen LogP contribution in [0.1, 0.15) is 5.69 Å². The zero-order chi connectivity index (χ0) is 22.3. The number of aryl methyl sites for hydroxylation is 2. The lowest BCUT2D eigenvalue weighted by Crippen LogP contribution is -2.41. The number of nitrogens with one attached hydrogen (secondary N) is 1. The van der Waals surface area contributed by atoms with E-state index in [4.69, 9.17) is 11.6 Å². The molecule has 1 amide bonds. The Kier molecular flexibility index (Phi) is 5.24. The largest absolute Gasteiger partial charge is 0.342 e. The number of benzene rings is 2. The second-order valence-corrected chi connectivity index (χ2v) is 7.51. The molecule has 2 aromatic carbocycles. The van der Waals surface area contributed by atoms with E-state index in [-0.39, 0.29) is 11.6 Å². The van der Waals surface area contributed by atoms with Gasteiger partial charge in [0.15, 0.2) is 0 Å². The molecule has 0 unspecified atom stereocenters. The highest BCUT2D eigenvalue weighted by molar-refractivity contribution is 6.31. The number of nitrogens with zero attached hydrogens (tertiary/aromatic N) is 3. The van der Waals surface area contributed by atoms with E-state index in [1.54, 1.807) is 48.0 Å². The van der Waals surface area contributed by atoms with Crippen molar-refractivity contribution in [2.24, 2.45) is 7.05 Å². The number of carbonyl (C=O) groups excluding carboxylic acids is 1. The van der Waals surface area contributed by atoms with E-state index in [9.17, 15) is 18.8 Å². The molecule has 0 saturated heterocycles. The highest BCUT2D eigenvalue weighted by Gasteiger charge is 2.20. The molecule has 0 aliphatic rings. The molecular weight excluding hydrogens is 423 g/mol. The van der Waals surface area contributed by atoms with Crippen LogP contribution in [0.25, 0.3) is 16.7 Å². The number of carbonyl (C=O) groups is 1. The Hall–Kier alpha value is -3.65. The second kappa shape index (κ2) is 7.88. The van der Waals surface area contributed by atoms with Gasteiger partial charge in [-0.3, -0.25) is 14.2 Å². The third-order valence-electron chi connectivity index (χ3n) is 5.09. The van der Waals surface area contributed by atoms with Crippen LogP contribution < -0.4 is 16.6 Å². The molecule has 4 aromatic rings. The monoisotopic (exact) mass is 440 g/mol. The molecule has 158 valence electrons. The first-order valence-corrected chi connectivity index (χ1v) is 9.78. The van der Waals surface area contributed by atoms with Gasteiger partial charge in [-0.25, -0.2) is 13.8 Å². The number of hydrogen-bond donors (Lipinski definition) is 1. The molecule has 0 aliphatic carbocycles. The second-order valence-electron chi connectivity index (χ2n) is 7.10. The Balaban J connectivity index is 1.84. The molecule has 0 saturated carbocycles. The minimum Gasteiger partial charge on any atom is -0.342 e. The molecule has 31 heavy (non-hydrogen) atoms. The summed E-state index contributed by atoms with van der Waals surface area (Å²) in [5.74, 6) is -1.13. The first-order valence-electron chi connectivity index (χ1n) is 9.40. The van der Waals surface area contributed by atoms with Gasteiger partial charge in [-0.05, 0) is 43.3 Å². The van der Waals surface area contributed by atoms with Crippen molar-refractivity contribution in [3.05, 3.63) is 92.0 Å². The highest BCUT2D eigenvalue weighted by Crippen LogP contribution is 2.20. The van der Waals surface area contributed by atoms with Gasteiger partial charge < -0.3 is 9.88 Å². The Labute approximate surface area is 180 Å². The average molecular weight is 441 g/mol. The van der Waals surface area contributed by atoms with Crippen LogP contribution in [0.5, 0.6) is 0 Å². The first kappa shape index (κ1) is 20.6. The maximum Gasteiger partial charge on any atom is 0.336 e. The fourth-order valence-electron chi connectivity index (χ4n) is 3.46. The van der Waals surface area contributed by atoms with E-state index in [0.717, 1.165) is 16.3 Å².